The zero-order valence-electron chi connectivity index (χ0n) is 9.91. The lowest BCUT2D eigenvalue weighted by atomic mass is 10.1. The molecule has 0 fully saturated rings. The summed E-state index contributed by atoms with van der Waals surface area (Å²) < 4.78 is 0. The number of aromatic nitrogens is 2. The minimum Gasteiger partial charge on any atom is -0.392 e. The number of carbonyl (C=O) groups excluding carboxylic acids is 1. The monoisotopic (exact) mass is 293 g/mol. The van der Waals surface area contributed by atoms with E-state index in [1.54, 1.807) is 6.07 Å². The molecule has 8 nitrogen and oxygen atoms in total. The topological polar surface area (TPSA) is 124 Å². The predicted molar refractivity (Wildman–Crippen MR) is 72.5 cm³/mol. The van der Waals surface area contributed by atoms with Gasteiger partial charge in [0.25, 0.3) is 11.6 Å². The smallest absolute Gasteiger partial charge is 0.294 e. The van der Waals surface area contributed by atoms with E-state index in [0.717, 1.165) is 6.07 Å². The normalized spacial score (nSPS) is 10.1. The molecule has 1 heterocycles. The maximum atomic E-state index is 12.0. The van der Waals surface area contributed by atoms with Crippen LogP contribution < -0.4 is 11.1 Å². The van der Waals surface area contributed by atoms with Crippen LogP contribution in [0.1, 0.15) is 10.4 Å². The summed E-state index contributed by atoms with van der Waals surface area (Å²) in [6, 6.07) is 5.40. The Kier molecular flexibility index (Phi) is 3.76. The van der Waals surface area contributed by atoms with E-state index in [1.165, 1.54) is 18.3 Å². The average molecular weight is 294 g/mol. The molecule has 3 N–H and O–H groups in total. The second-order valence-corrected chi connectivity index (χ2v) is 4.12. The number of amides is 1. The van der Waals surface area contributed by atoms with Gasteiger partial charge in [-0.2, -0.15) is 5.10 Å². The highest BCUT2D eigenvalue weighted by atomic mass is 35.5. The van der Waals surface area contributed by atoms with Crippen LogP contribution in [0.3, 0.4) is 0 Å². The highest BCUT2D eigenvalue weighted by Crippen LogP contribution is 2.31. The molecule has 0 aliphatic rings. The fourth-order valence-electron chi connectivity index (χ4n) is 1.44. The lowest BCUT2D eigenvalue weighted by molar-refractivity contribution is -0.383. The van der Waals surface area contributed by atoms with Crippen LogP contribution in [0.5, 0.6) is 0 Å². The van der Waals surface area contributed by atoms with Crippen molar-refractivity contribution in [3.8, 4) is 0 Å². The van der Waals surface area contributed by atoms with Gasteiger partial charge in [-0.05, 0) is 18.2 Å². The summed E-state index contributed by atoms with van der Waals surface area (Å²) in [4.78, 5) is 22.1. The summed E-state index contributed by atoms with van der Waals surface area (Å²) in [5.74, 6) is -0.386. The number of nitrogen functional groups attached to an aromatic ring is 1. The Balaban J connectivity index is 2.33. The van der Waals surface area contributed by atoms with E-state index in [9.17, 15) is 14.9 Å². The van der Waals surface area contributed by atoms with Crippen molar-refractivity contribution in [2.45, 2.75) is 0 Å². The van der Waals surface area contributed by atoms with Gasteiger partial charge < -0.3 is 11.1 Å². The van der Waals surface area contributed by atoms with Gasteiger partial charge in [0.05, 0.1) is 9.95 Å². The Morgan fingerprint density at radius 2 is 2.20 bits per heavy atom. The Morgan fingerprint density at radius 3 is 2.80 bits per heavy atom. The lowest BCUT2D eigenvalue weighted by Gasteiger charge is -2.06. The van der Waals surface area contributed by atoms with E-state index in [0.29, 0.717) is 0 Å². The number of carbonyl (C=O) groups is 1. The quantitative estimate of drug-likeness (QED) is 0.505. The number of nitro benzene ring substituents is 1. The minimum absolute atomic E-state index is 0.00144. The van der Waals surface area contributed by atoms with Gasteiger partial charge in [0.1, 0.15) is 5.69 Å². The van der Waals surface area contributed by atoms with Crippen LogP contribution in [0.2, 0.25) is 5.02 Å². The number of nitrogens with one attached hydrogen (secondary N) is 1. The molecule has 0 aliphatic carbocycles. The Labute approximate surface area is 117 Å². The molecule has 1 aromatic heterocycles. The Bertz CT molecular complexity index is 677. The van der Waals surface area contributed by atoms with E-state index in [-0.39, 0.29) is 22.1 Å². The van der Waals surface area contributed by atoms with E-state index < -0.39 is 16.5 Å². The first-order chi connectivity index (χ1) is 9.49. The number of anilines is 2. The van der Waals surface area contributed by atoms with Crippen molar-refractivity contribution in [3.63, 3.8) is 0 Å². The Hall–Kier alpha value is -2.74. The molecule has 0 unspecified atom stereocenters. The Morgan fingerprint density at radius 1 is 1.45 bits per heavy atom. The molecule has 0 radical (unpaired) electrons. The molecule has 0 aliphatic heterocycles. The molecule has 20 heavy (non-hydrogen) atoms. The van der Waals surface area contributed by atoms with Crippen LogP contribution in [0.25, 0.3) is 0 Å². The van der Waals surface area contributed by atoms with Crippen molar-refractivity contribution in [2.24, 2.45) is 0 Å². The molecule has 0 saturated carbocycles. The molecule has 0 spiro atoms. The zero-order valence-corrected chi connectivity index (χ0v) is 10.7. The van der Waals surface area contributed by atoms with Gasteiger partial charge in [-0.15, -0.1) is 5.10 Å². The van der Waals surface area contributed by atoms with Crippen LogP contribution in [0.4, 0.5) is 17.2 Å². The summed E-state index contributed by atoms with van der Waals surface area (Å²) in [5, 5.41) is 20.4. The van der Waals surface area contributed by atoms with Gasteiger partial charge >= 0.3 is 0 Å². The summed E-state index contributed by atoms with van der Waals surface area (Å²) in [6.45, 7) is 0. The highest BCUT2D eigenvalue weighted by molar-refractivity contribution is 6.34. The zero-order chi connectivity index (χ0) is 14.7. The molecular weight excluding hydrogens is 286 g/mol. The lowest BCUT2D eigenvalue weighted by Crippen LogP contribution is -2.14. The van der Waals surface area contributed by atoms with Crippen molar-refractivity contribution < 1.29 is 9.72 Å². The van der Waals surface area contributed by atoms with E-state index in [2.05, 4.69) is 15.5 Å². The highest BCUT2D eigenvalue weighted by Gasteiger charge is 2.19. The van der Waals surface area contributed by atoms with Crippen LogP contribution in [0, 0.1) is 10.1 Å². The fourth-order valence-corrected chi connectivity index (χ4v) is 1.66. The van der Waals surface area contributed by atoms with E-state index >= 15 is 0 Å². The molecule has 2 rings (SSSR count). The second kappa shape index (κ2) is 5.49. The molecule has 0 bridgehead atoms. The number of nitro groups is 1. The van der Waals surface area contributed by atoms with Crippen molar-refractivity contribution in [2.75, 3.05) is 11.1 Å². The molecule has 0 atom stereocenters. The van der Waals surface area contributed by atoms with Crippen molar-refractivity contribution in [1.82, 2.24) is 10.2 Å². The summed E-state index contributed by atoms with van der Waals surface area (Å²) in [7, 11) is 0. The number of halogens is 1. The van der Waals surface area contributed by atoms with Crippen molar-refractivity contribution in [1.29, 1.82) is 0 Å². The molecule has 1 aromatic carbocycles. The molecular formula is C11H8ClN5O3. The van der Waals surface area contributed by atoms with Gasteiger partial charge in [-0.25, -0.2) is 0 Å². The summed E-state index contributed by atoms with van der Waals surface area (Å²) in [6.07, 6.45) is 1.45. The van der Waals surface area contributed by atoms with Crippen molar-refractivity contribution in [3.05, 3.63) is 51.2 Å². The number of hydrogen-bond acceptors (Lipinski definition) is 6. The van der Waals surface area contributed by atoms with Crippen LogP contribution in [-0.2, 0) is 0 Å². The van der Waals surface area contributed by atoms with E-state index in [1.807, 2.05) is 0 Å². The van der Waals surface area contributed by atoms with Crippen LogP contribution in [-0.4, -0.2) is 21.0 Å². The van der Waals surface area contributed by atoms with Gasteiger partial charge in [-0.1, -0.05) is 11.6 Å². The number of rotatable bonds is 3. The first kappa shape index (κ1) is 13.7. The van der Waals surface area contributed by atoms with Gasteiger partial charge in [0.15, 0.2) is 5.82 Å². The summed E-state index contributed by atoms with van der Waals surface area (Å²) in [5.41, 5.74) is 4.86. The number of nitrogens with zero attached hydrogens (tertiary/aromatic N) is 3. The average Bonchev–Trinajstić information content (AvgIpc) is 2.42. The third kappa shape index (κ3) is 2.81. The third-order valence-corrected chi connectivity index (χ3v) is 2.69. The summed E-state index contributed by atoms with van der Waals surface area (Å²) >= 11 is 5.77. The standard InChI is InChI=1S/C11H8ClN5O3/c12-7-4-6(5-8(10(7)13)17(19)20)11(18)15-9-2-1-3-14-16-9/h1-5H,13H2,(H,15,16,18). The first-order valence-electron chi connectivity index (χ1n) is 5.31. The van der Waals surface area contributed by atoms with Gasteiger partial charge in [-0.3, -0.25) is 14.9 Å². The predicted octanol–water partition coefficient (Wildman–Crippen LogP) is 1.87. The minimum atomic E-state index is -0.708. The molecule has 102 valence electrons. The molecule has 0 saturated heterocycles. The first-order valence-corrected chi connectivity index (χ1v) is 5.69. The molecule has 2 aromatic rings. The SMILES string of the molecule is Nc1c(Cl)cc(C(=O)Nc2cccnn2)cc1[N+](=O)[O-]. The number of nitrogens with two attached hydrogens (primary N) is 1. The fraction of sp³-hybridized carbons (Fsp3) is 0. The number of benzene rings is 1. The molecule has 1 amide bonds. The maximum Gasteiger partial charge on any atom is 0.294 e. The van der Waals surface area contributed by atoms with Gasteiger partial charge in [0, 0.05) is 17.8 Å². The number of hydrogen-bond donors (Lipinski definition) is 2. The van der Waals surface area contributed by atoms with Crippen LogP contribution in [0.15, 0.2) is 30.5 Å². The second-order valence-electron chi connectivity index (χ2n) is 3.71. The molecule has 9 heteroatoms. The van der Waals surface area contributed by atoms with Crippen LogP contribution >= 0.6 is 11.6 Å². The van der Waals surface area contributed by atoms with Crippen molar-refractivity contribution >= 4 is 34.7 Å². The van der Waals surface area contributed by atoms with E-state index in [4.69, 9.17) is 17.3 Å². The largest absolute Gasteiger partial charge is 0.392 e. The maximum absolute atomic E-state index is 12.0. The third-order valence-electron chi connectivity index (χ3n) is 2.38. The van der Waals surface area contributed by atoms with Gasteiger partial charge in [0.2, 0.25) is 0 Å².